The molecule has 0 spiro atoms. The molecule has 1 heterocycles. The summed E-state index contributed by atoms with van der Waals surface area (Å²) in [7, 11) is -2.18. The lowest BCUT2D eigenvalue weighted by Crippen LogP contribution is -2.39. The highest BCUT2D eigenvalue weighted by Gasteiger charge is 2.26. The Bertz CT molecular complexity index is 538. The second-order valence-electron chi connectivity index (χ2n) is 5.38. The summed E-state index contributed by atoms with van der Waals surface area (Å²) < 4.78 is 25.9. The van der Waals surface area contributed by atoms with Crippen molar-refractivity contribution in [1.29, 1.82) is 0 Å². The summed E-state index contributed by atoms with van der Waals surface area (Å²) in [6.45, 7) is 5.91. The SMILES string of the molecule is CCCNc1cc(S(=O)(=O)N(C)CC(C)(C)O)ccn1. The fourth-order valence-corrected chi connectivity index (χ4v) is 3.07. The number of nitrogens with one attached hydrogen (secondary N) is 1. The molecule has 0 saturated carbocycles. The topological polar surface area (TPSA) is 82.5 Å². The van der Waals surface area contributed by atoms with Gasteiger partial charge in [0.25, 0.3) is 0 Å². The molecule has 114 valence electrons. The van der Waals surface area contributed by atoms with E-state index in [2.05, 4.69) is 10.3 Å². The molecule has 2 N–H and O–H groups in total. The third-order valence-corrected chi connectivity index (χ3v) is 4.40. The van der Waals surface area contributed by atoms with E-state index in [1.54, 1.807) is 13.8 Å². The molecule has 0 aliphatic carbocycles. The lowest BCUT2D eigenvalue weighted by molar-refractivity contribution is 0.0640. The smallest absolute Gasteiger partial charge is 0.243 e. The lowest BCUT2D eigenvalue weighted by Gasteiger charge is -2.25. The normalized spacial score (nSPS) is 12.7. The Kier molecular flexibility index (Phi) is 5.50. The van der Waals surface area contributed by atoms with Gasteiger partial charge in [-0.05, 0) is 26.3 Å². The standard InChI is InChI=1S/C13H23N3O3S/c1-5-7-14-12-9-11(6-8-15-12)20(18,19)16(4)10-13(2,3)17/h6,8-9,17H,5,7,10H2,1-4H3,(H,14,15). The van der Waals surface area contributed by atoms with E-state index >= 15 is 0 Å². The predicted octanol–water partition coefficient (Wildman–Crippen LogP) is 1.29. The first-order chi connectivity index (χ1) is 9.16. The zero-order valence-electron chi connectivity index (χ0n) is 12.4. The summed E-state index contributed by atoms with van der Waals surface area (Å²) in [6.07, 6.45) is 2.39. The van der Waals surface area contributed by atoms with Crippen molar-refractivity contribution in [2.24, 2.45) is 0 Å². The molecule has 0 amide bonds. The number of aliphatic hydroxyl groups is 1. The highest BCUT2D eigenvalue weighted by atomic mass is 32.2. The van der Waals surface area contributed by atoms with E-state index in [-0.39, 0.29) is 11.4 Å². The van der Waals surface area contributed by atoms with Crippen molar-refractivity contribution in [3.63, 3.8) is 0 Å². The first kappa shape index (κ1) is 16.9. The third-order valence-electron chi connectivity index (χ3n) is 2.61. The van der Waals surface area contributed by atoms with Gasteiger partial charge in [0.05, 0.1) is 10.5 Å². The van der Waals surface area contributed by atoms with Gasteiger partial charge in [-0.15, -0.1) is 0 Å². The second kappa shape index (κ2) is 6.51. The molecule has 7 heteroatoms. The molecule has 1 aromatic heterocycles. The van der Waals surface area contributed by atoms with Gasteiger partial charge in [-0.3, -0.25) is 0 Å². The maximum Gasteiger partial charge on any atom is 0.243 e. The molecule has 0 fully saturated rings. The van der Waals surface area contributed by atoms with Gasteiger partial charge in [-0.1, -0.05) is 6.92 Å². The number of hydrogen-bond donors (Lipinski definition) is 2. The Morgan fingerprint density at radius 1 is 1.45 bits per heavy atom. The summed E-state index contributed by atoms with van der Waals surface area (Å²) in [6, 6.07) is 2.96. The molecule has 6 nitrogen and oxygen atoms in total. The molecular weight excluding hydrogens is 278 g/mol. The van der Waals surface area contributed by atoms with Crippen molar-refractivity contribution >= 4 is 15.8 Å². The van der Waals surface area contributed by atoms with Crippen LogP contribution >= 0.6 is 0 Å². The van der Waals surface area contributed by atoms with Crippen molar-refractivity contribution < 1.29 is 13.5 Å². The van der Waals surface area contributed by atoms with Crippen LogP contribution in [-0.2, 0) is 10.0 Å². The minimum absolute atomic E-state index is 0.0232. The van der Waals surface area contributed by atoms with E-state index in [9.17, 15) is 13.5 Å². The fraction of sp³-hybridized carbons (Fsp3) is 0.615. The summed E-state index contributed by atoms with van der Waals surface area (Å²) >= 11 is 0. The third kappa shape index (κ3) is 4.73. The molecular formula is C13H23N3O3S. The van der Waals surface area contributed by atoms with E-state index in [0.29, 0.717) is 5.82 Å². The van der Waals surface area contributed by atoms with Crippen LogP contribution in [0.15, 0.2) is 23.2 Å². The van der Waals surface area contributed by atoms with Gasteiger partial charge in [0.1, 0.15) is 5.82 Å². The Morgan fingerprint density at radius 3 is 2.65 bits per heavy atom. The molecule has 1 aromatic rings. The largest absolute Gasteiger partial charge is 0.389 e. The monoisotopic (exact) mass is 301 g/mol. The average molecular weight is 301 g/mol. The number of aromatic nitrogens is 1. The van der Waals surface area contributed by atoms with Gasteiger partial charge >= 0.3 is 0 Å². The van der Waals surface area contributed by atoms with E-state index < -0.39 is 15.6 Å². The summed E-state index contributed by atoms with van der Waals surface area (Å²) in [5, 5.41) is 12.8. The zero-order valence-corrected chi connectivity index (χ0v) is 13.2. The van der Waals surface area contributed by atoms with Crippen LogP contribution in [0.5, 0.6) is 0 Å². The Hall–Kier alpha value is -1.18. The predicted molar refractivity (Wildman–Crippen MR) is 79.1 cm³/mol. The van der Waals surface area contributed by atoms with Gasteiger partial charge in [0, 0.05) is 32.4 Å². The lowest BCUT2D eigenvalue weighted by atomic mass is 10.1. The van der Waals surface area contributed by atoms with Gasteiger partial charge in [-0.25, -0.2) is 13.4 Å². The minimum Gasteiger partial charge on any atom is -0.389 e. The number of anilines is 1. The Morgan fingerprint density at radius 2 is 2.10 bits per heavy atom. The molecule has 20 heavy (non-hydrogen) atoms. The van der Waals surface area contributed by atoms with Crippen LogP contribution < -0.4 is 5.32 Å². The van der Waals surface area contributed by atoms with Gasteiger partial charge in [-0.2, -0.15) is 4.31 Å². The van der Waals surface area contributed by atoms with E-state index in [1.165, 1.54) is 25.4 Å². The molecule has 0 saturated heterocycles. The van der Waals surface area contributed by atoms with Crippen molar-refractivity contribution in [2.45, 2.75) is 37.7 Å². The number of pyridine rings is 1. The highest BCUT2D eigenvalue weighted by molar-refractivity contribution is 7.89. The van der Waals surface area contributed by atoms with Crippen LogP contribution in [0.3, 0.4) is 0 Å². The number of rotatable bonds is 7. The van der Waals surface area contributed by atoms with Crippen LogP contribution in [0.4, 0.5) is 5.82 Å². The summed E-state index contributed by atoms with van der Waals surface area (Å²) in [5.41, 5.74) is -1.09. The van der Waals surface area contributed by atoms with Crippen molar-refractivity contribution in [3.05, 3.63) is 18.3 Å². The maximum absolute atomic E-state index is 12.4. The fourth-order valence-electron chi connectivity index (χ4n) is 1.73. The highest BCUT2D eigenvalue weighted by Crippen LogP contribution is 2.18. The average Bonchev–Trinajstić information content (AvgIpc) is 2.34. The van der Waals surface area contributed by atoms with Crippen LogP contribution in [0.1, 0.15) is 27.2 Å². The Balaban J connectivity index is 2.97. The number of likely N-dealkylation sites (N-methyl/N-ethyl adjacent to an activating group) is 1. The quantitative estimate of drug-likeness (QED) is 0.793. The molecule has 0 aliphatic rings. The molecule has 0 aromatic carbocycles. The first-order valence-electron chi connectivity index (χ1n) is 6.55. The molecule has 0 unspecified atom stereocenters. The van der Waals surface area contributed by atoms with Crippen molar-refractivity contribution in [2.75, 3.05) is 25.5 Å². The van der Waals surface area contributed by atoms with E-state index in [0.717, 1.165) is 17.3 Å². The molecule has 0 atom stereocenters. The second-order valence-corrected chi connectivity index (χ2v) is 7.42. The Labute approximate surface area is 120 Å². The van der Waals surface area contributed by atoms with Crippen LogP contribution in [0, 0.1) is 0 Å². The molecule has 1 rings (SSSR count). The number of nitrogens with zero attached hydrogens (tertiary/aromatic N) is 2. The van der Waals surface area contributed by atoms with E-state index in [4.69, 9.17) is 0 Å². The molecule has 0 radical (unpaired) electrons. The van der Waals surface area contributed by atoms with Crippen molar-refractivity contribution in [3.8, 4) is 0 Å². The minimum atomic E-state index is -3.63. The molecule has 0 bridgehead atoms. The van der Waals surface area contributed by atoms with Gasteiger partial charge in [0.2, 0.25) is 10.0 Å². The zero-order chi connectivity index (χ0) is 15.4. The van der Waals surface area contributed by atoms with Gasteiger partial charge < -0.3 is 10.4 Å². The van der Waals surface area contributed by atoms with Crippen LogP contribution in [0.2, 0.25) is 0 Å². The number of sulfonamides is 1. The summed E-state index contributed by atoms with van der Waals surface area (Å²) in [5.74, 6) is 0.532. The van der Waals surface area contributed by atoms with Crippen LogP contribution in [0.25, 0.3) is 0 Å². The van der Waals surface area contributed by atoms with Crippen molar-refractivity contribution in [1.82, 2.24) is 9.29 Å². The number of hydrogen-bond acceptors (Lipinski definition) is 5. The summed E-state index contributed by atoms with van der Waals surface area (Å²) in [4.78, 5) is 4.25. The van der Waals surface area contributed by atoms with Gasteiger partial charge in [0.15, 0.2) is 0 Å². The maximum atomic E-state index is 12.4. The molecule has 0 aliphatic heterocycles. The first-order valence-corrected chi connectivity index (χ1v) is 7.99. The van der Waals surface area contributed by atoms with E-state index in [1.807, 2.05) is 6.92 Å². The van der Waals surface area contributed by atoms with Crippen LogP contribution in [-0.4, -0.2) is 48.6 Å².